The number of benzene rings is 2. The number of hydrogen-bond acceptors (Lipinski definition) is 6. The minimum atomic E-state index is -0.417. The monoisotopic (exact) mass is 672 g/mol. The van der Waals surface area contributed by atoms with Gasteiger partial charge in [0.1, 0.15) is 11.4 Å². The lowest BCUT2D eigenvalue weighted by molar-refractivity contribution is -0.110. The van der Waals surface area contributed by atoms with Gasteiger partial charge in [0, 0.05) is 54.3 Å². The van der Waals surface area contributed by atoms with E-state index in [1.807, 2.05) is 54.7 Å². The highest BCUT2D eigenvalue weighted by molar-refractivity contribution is 6.35. The van der Waals surface area contributed by atoms with Gasteiger partial charge in [-0.1, -0.05) is 12.1 Å². The fourth-order valence-electron chi connectivity index (χ4n) is 5.58. The van der Waals surface area contributed by atoms with E-state index in [-0.39, 0.29) is 29.8 Å². The van der Waals surface area contributed by atoms with Crippen LogP contribution in [0.1, 0.15) is 85.0 Å². The van der Waals surface area contributed by atoms with Crippen molar-refractivity contribution in [3.8, 4) is 12.3 Å². The van der Waals surface area contributed by atoms with Crippen molar-refractivity contribution in [3.05, 3.63) is 81.9 Å². The molecule has 0 spiro atoms. The van der Waals surface area contributed by atoms with Crippen LogP contribution >= 0.6 is 0 Å². The number of amides is 3. The van der Waals surface area contributed by atoms with Gasteiger partial charge in [-0.15, -0.1) is 12.3 Å². The van der Waals surface area contributed by atoms with E-state index in [2.05, 4.69) is 32.6 Å². The molecule has 1 atom stereocenters. The highest BCUT2D eigenvalue weighted by Gasteiger charge is 2.27. The van der Waals surface area contributed by atoms with Gasteiger partial charge in [0.15, 0.2) is 0 Å². The third kappa shape index (κ3) is 9.97. The van der Waals surface area contributed by atoms with E-state index in [4.69, 9.17) is 11.2 Å². The smallest absolute Gasteiger partial charge is 0.410 e. The average Bonchev–Trinajstić information content (AvgIpc) is 3.53. The first kappa shape index (κ1) is 38.4. The van der Waals surface area contributed by atoms with Crippen LogP contribution in [0.25, 0.3) is 11.6 Å². The van der Waals surface area contributed by atoms with Gasteiger partial charge in [0.25, 0.3) is 11.8 Å². The summed E-state index contributed by atoms with van der Waals surface area (Å²) in [6.07, 6.45) is 8.70. The zero-order valence-electron chi connectivity index (χ0n) is 29.7. The van der Waals surface area contributed by atoms with E-state index in [1.54, 1.807) is 35.2 Å². The van der Waals surface area contributed by atoms with Crippen molar-refractivity contribution in [2.45, 2.75) is 66.0 Å². The third-order valence-electron chi connectivity index (χ3n) is 8.18. The molecule has 6 N–H and O–H groups in total. The zero-order valence-corrected chi connectivity index (χ0v) is 29.7. The molecular weight excluding hydrogens is 623 g/mol. The molecular formula is C38H49FN6O4. The molecule has 0 aliphatic carbocycles. The molecule has 0 radical (unpaired) electrons. The Bertz CT molecular complexity index is 1710. The number of aryl methyl sites for hydroxylation is 1. The summed E-state index contributed by atoms with van der Waals surface area (Å²) in [6.45, 7) is 12.8. The number of aromatic amines is 1. The van der Waals surface area contributed by atoms with Crippen LogP contribution in [0.3, 0.4) is 0 Å². The summed E-state index contributed by atoms with van der Waals surface area (Å²) in [5.74, 6) is 2.25. The first-order chi connectivity index (χ1) is 23.2. The number of hydrogen-bond donors (Lipinski definition) is 5. The summed E-state index contributed by atoms with van der Waals surface area (Å²) < 4.78 is 18.4. The topological polar surface area (TPSA) is 142 Å². The molecule has 2 aliphatic rings. The van der Waals surface area contributed by atoms with Crippen LogP contribution in [0, 0.1) is 37.9 Å². The zero-order chi connectivity index (χ0) is 36.5. The van der Waals surface area contributed by atoms with Gasteiger partial charge in [-0.05, 0) is 109 Å². The number of rotatable bonds is 5. The number of carbonyl (C=O) groups is 3. The number of anilines is 2. The summed E-state index contributed by atoms with van der Waals surface area (Å²) >= 11 is 0. The Morgan fingerprint density at radius 3 is 2.31 bits per heavy atom. The molecule has 1 saturated heterocycles. The van der Waals surface area contributed by atoms with Crippen LogP contribution in [0.5, 0.6) is 0 Å². The normalized spacial score (nSPS) is 15.4. The molecule has 5 rings (SSSR count). The third-order valence-corrected chi connectivity index (χ3v) is 8.18. The molecule has 3 amide bonds. The van der Waals surface area contributed by atoms with Crippen molar-refractivity contribution in [2.75, 3.05) is 37.8 Å². The fraction of sp³-hybridized carbons (Fsp3) is 0.395. The van der Waals surface area contributed by atoms with E-state index in [1.165, 1.54) is 19.2 Å². The second kappa shape index (κ2) is 16.8. The average molecular weight is 673 g/mol. The van der Waals surface area contributed by atoms with Crippen molar-refractivity contribution in [3.63, 3.8) is 0 Å². The molecule has 11 heteroatoms. The van der Waals surface area contributed by atoms with E-state index >= 15 is 0 Å². The number of nitrogens with zero attached hydrogens (tertiary/aromatic N) is 1. The molecule has 1 aromatic heterocycles. The first-order valence-electron chi connectivity index (χ1n) is 16.3. The molecule has 2 aliphatic heterocycles. The molecule has 1 unspecified atom stereocenters. The van der Waals surface area contributed by atoms with Gasteiger partial charge in [0.2, 0.25) is 0 Å². The Hall–Kier alpha value is -5.08. The molecule has 0 saturated carbocycles. The number of likely N-dealkylation sites (tertiary alicyclic amines) is 1. The van der Waals surface area contributed by atoms with Crippen molar-refractivity contribution in [1.82, 2.24) is 15.2 Å². The number of ether oxygens (including phenoxy) is 1. The maximum Gasteiger partial charge on any atom is 0.410 e. The highest BCUT2D eigenvalue weighted by Crippen LogP contribution is 2.35. The fourth-order valence-corrected chi connectivity index (χ4v) is 5.58. The molecule has 0 bridgehead atoms. The number of fused-ring (bicyclic) bond motifs is 1. The van der Waals surface area contributed by atoms with Crippen molar-refractivity contribution >= 4 is 40.9 Å². The molecule has 3 aromatic rings. The Balaban J connectivity index is 0.000000321. The number of nitrogens with one attached hydrogen (secondary N) is 4. The number of carbonyl (C=O) groups excluding carboxylic acids is 3. The van der Waals surface area contributed by atoms with Crippen molar-refractivity contribution in [1.29, 1.82) is 0 Å². The molecule has 49 heavy (non-hydrogen) atoms. The van der Waals surface area contributed by atoms with Crippen LogP contribution in [-0.2, 0) is 9.53 Å². The predicted molar refractivity (Wildman–Crippen MR) is 195 cm³/mol. The maximum absolute atomic E-state index is 13.2. The van der Waals surface area contributed by atoms with E-state index < -0.39 is 5.60 Å². The van der Waals surface area contributed by atoms with E-state index in [0.717, 1.165) is 41.0 Å². The van der Waals surface area contributed by atoms with Crippen LogP contribution in [0.15, 0.2) is 42.5 Å². The number of nitrogens with two attached hydrogens (primary N) is 1. The number of terminal acetylenes is 1. The van der Waals surface area contributed by atoms with Crippen molar-refractivity contribution < 1.29 is 23.5 Å². The van der Waals surface area contributed by atoms with Crippen LogP contribution in [0.2, 0.25) is 0 Å². The maximum atomic E-state index is 13.2. The van der Waals surface area contributed by atoms with Gasteiger partial charge < -0.3 is 36.3 Å². The van der Waals surface area contributed by atoms with Gasteiger partial charge in [-0.3, -0.25) is 9.59 Å². The lowest BCUT2D eigenvalue weighted by Gasteiger charge is -2.31. The number of H-pyrrole nitrogens is 1. The summed E-state index contributed by atoms with van der Waals surface area (Å²) in [7, 11) is 3.36. The molecule has 3 heterocycles. The van der Waals surface area contributed by atoms with Crippen LogP contribution in [0.4, 0.5) is 20.6 Å². The largest absolute Gasteiger partial charge is 0.444 e. The lowest BCUT2D eigenvalue weighted by Crippen LogP contribution is -2.41. The van der Waals surface area contributed by atoms with Gasteiger partial charge in [0.05, 0.1) is 17.3 Å². The minimum Gasteiger partial charge on any atom is -0.444 e. The summed E-state index contributed by atoms with van der Waals surface area (Å²) in [4.78, 5) is 42.2. The predicted octanol–water partition coefficient (Wildman–Crippen LogP) is 6.64. The Morgan fingerprint density at radius 2 is 1.76 bits per heavy atom. The molecule has 2 aromatic carbocycles. The Kier molecular flexibility index (Phi) is 13.2. The number of aromatic nitrogens is 1. The molecule has 10 nitrogen and oxygen atoms in total. The van der Waals surface area contributed by atoms with Crippen LogP contribution < -0.4 is 21.7 Å². The number of halogens is 1. The second-order valence-electron chi connectivity index (χ2n) is 12.8. The first-order valence-corrected chi connectivity index (χ1v) is 16.3. The summed E-state index contributed by atoms with van der Waals surface area (Å²) in [5.41, 5.74) is 11.0. The molecule has 1 fully saturated rings. The van der Waals surface area contributed by atoms with E-state index in [9.17, 15) is 18.8 Å². The standard InChI is InChI=1S/C25H25FN4O2.C12H19NO2.CH5N/c1-13-22(28-15(3)23(13)27-4)12-20-19-11-17(7-10-21(19)30-25(20)32)24(31)29-14(2)16-5-8-18(26)9-6-16;1-5-10-6-8-13(9-7-10)11(14)15-12(2,3)4;1-2/h5-12,14,27-28H,1-4H3,(H,29,31)(H,30,32);1,10H,6-9H2,2-4H3;2H2,1H3/b20-12-;;. The van der Waals surface area contributed by atoms with Gasteiger partial charge >= 0.3 is 6.09 Å². The quantitative estimate of drug-likeness (QED) is 0.152. The van der Waals surface area contributed by atoms with Gasteiger partial charge in [-0.25, -0.2) is 9.18 Å². The molecule has 262 valence electrons. The minimum absolute atomic E-state index is 0.213. The Morgan fingerprint density at radius 1 is 1.12 bits per heavy atom. The lowest BCUT2D eigenvalue weighted by atomic mass is 9.98. The van der Waals surface area contributed by atoms with Gasteiger partial charge in [-0.2, -0.15) is 0 Å². The van der Waals surface area contributed by atoms with Crippen LogP contribution in [-0.4, -0.2) is 60.6 Å². The second-order valence-corrected chi connectivity index (χ2v) is 12.8. The number of piperidine rings is 1. The highest BCUT2D eigenvalue weighted by atomic mass is 19.1. The van der Waals surface area contributed by atoms with Crippen molar-refractivity contribution in [2.24, 2.45) is 11.7 Å². The summed E-state index contributed by atoms with van der Waals surface area (Å²) in [5, 5.41) is 8.95. The summed E-state index contributed by atoms with van der Waals surface area (Å²) in [6, 6.07) is 10.9. The van der Waals surface area contributed by atoms with E-state index in [0.29, 0.717) is 41.4 Å². The Labute approximate surface area is 289 Å². The SMILES string of the molecule is C#CC1CCN(C(=O)OC(C)(C)C)CC1.CN.CNc1c(C)[nH]c(/C=C2\C(=O)Nc3ccc(C(=O)NC(C)c4ccc(F)cc4)cc32)c1C.